The molecule has 3 aromatic rings. The minimum atomic E-state index is -0.525. The van der Waals surface area contributed by atoms with Gasteiger partial charge in [-0.25, -0.2) is 0 Å². The highest BCUT2D eigenvalue weighted by molar-refractivity contribution is 7.15. The third-order valence-electron chi connectivity index (χ3n) is 4.76. The van der Waals surface area contributed by atoms with E-state index in [1.807, 2.05) is 50.2 Å². The molecule has 0 radical (unpaired) electrons. The van der Waals surface area contributed by atoms with Crippen LogP contribution in [0.25, 0.3) is 6.08 Å². The van der Waals surface area contributed by atoms with Gasteiger partial charge in [-0.3, -0.25) is 10.1 Å². The van der Waals surface area contributed by atoms with Gasteiger partial charge < -0.3 is 9.47 Å². The van der Waals surface area contributed by atoms with Gasteiger partial charge in [0.05, 0.1) is 0 Å². The molecule has 0 aliphatic carbocycles. The molecule has 0 unspecified atom stereocenters. The number of amides is 1. The quantitative estimate of drug-likeness (QED) is 0.240. The number of rotatable bonds is 10. The minimum Gasteiger partial charge on any atom is -0.490 e. The molecule has 34 heavy (non-hydrogen) atoms. The number of nitriles is 1. The average Bonchev–Trinajstić information content (AvgIpc) is 3.23. The summed E-state index contributed by atoms with van der Waals surface area (Å²) in [6.07, 6.45) is 2.31. The lowest BCUT2D eigenvalue weighted by molar-refractivity contribution is -0.112. The second kappa shape index (κ2) is 12.0. The Labute approximate surface area is 204 Å². The summed E-state index contributed by atoms with van der Waals surface area (Å²) in [6, 6.07) is 15.2. The van der Waals surface area contributed by atoms with Crippen LogP contribution in [0.1, 0.15) is 35.5 Å². The number of aromatic nitrogens is 2. The van der Waals surface area contributed by atoms with Gasteiger partial charge in [0.25, 0.3) is 5.91 Å². The number of hydrogen-bond acceptors (Lipinski definition) is 7. The predicted octanol–water partition coefficient (Wildman–Crippen LogP) is 5.36. The maximum atomic E-state index is 12.6. The summed E-state index contributed by atoms with van der Waals surface area (Å²) in [5, 5.41) is 21.4. The average molecular weight is 477 g/mol. The van der Waals surface area contributed by atoms with Crippen molar-refractivity contribution in [2.45, 2.75) is 34.1 Å². The van der Waals surface area contributed by atoms with Crippen molar-refractivity contribution in [2.75, 3.05) is 18.5 Å². The van der Waals surface area contributed by atoms with Crippen LogP contribution in [0.3, 0.4) is 0 Å². The Bertz CT molecular complexity index is 1210. The van der Waals surface area contributed by atoms with Crippen LogP contribution in [0, 0.1) is 31.1 Å². The van der Waals surface area contributed by atoms with Gasteiger partial charge in [0.2, 0.25) is 5.13 Å². The van der Waals surface area contributed by atoms with E-state index in [1.54, 1.807) is 12.1 Å². The molecule has 7 nitrogen and oxygen atoms in total. The number of benzene rings is 2. The lowest BCUT2D eigenvalue weighted by atomic mass is 10.1. The molecule has 0 bridgehead atoms. The Hall–Kier alpha value is -3.70. The number of nitrogens with zero attached hydrogens (tertiary/aromatic N) is 3. The summed E-state index contributed by atoms with van der Waals surface area (Å²) < 4.78 is 11.6. The van der Waals surface area contributed by atoms with Crippen LogP contribution in [-0.4, -0.2) is 29.3 Å². The lowest BCUT2D eigenvalue weighted by Crippen LogP contribution is -2.13. The Morgan fingerprint density at radius 2 is 1.94 bits per heavy atom. The molecule has 0 aliphatic rings. The summed E-state index contributed by atoms with van der Waals surface area (Å²) in [5.41, 5.74) is 2.86. The molecular weight excluding hydrogens is 448 g/mol. The molecule has 1 aromatic heterocycles. The fourth-order valence-corrected chi connectivity index (χ4v) is 4.03. The normalized spacial score (nSPS) is 11.2. The highest BCUT2D eigenvalue weighted by Crippen LogP contribution is 2.21. The van der Waals surface area contributed by atoms with Crippen molar-refractivity contribution in [3.63, 3.8) is 0 Å². The topological polar surface area (TPSA) is 97.1 Å². The predicted molar refractivity (Wildman–Crippen MR) is 134 cm³/mol. The van der Waals surface area contributed by atoms with Crippen molar-refractivity contribution in [1.82, 2.24) is 10.2 Å². The zero-order chi connectivity index (χ0) is 24.5. The number of aryl methyl sites for hydroxylation is 2. The van der Waals surface area contributed by atoms with E-state index >= 15 is 0 Å². The third-order valence-corrected chi connectivity index (χ3v) is 5.62. The summed E-state index contributed by atoms with van der Waals surface area (Å²) in [4.78, 5) is 12.6. The smallest absolute Gasteiger partial charge is 0.268 e. The van der Waals surface area contributed by atoms with Gasteiger partial charge in [0.15, 0.2) is 0 Å². The first-order chi connectivity index (χ1) is 16.3. The minimum absolute atomic E-state index is 0.0315. The fourth-order valence-electron chi connectivity index (χ4n) is 3.08. The molecule has 176 valence electrons. The lowest BCUT2D eigenvalue weighted by Gasteiger charge is -2.11. The Morgan fingerprint density at radius 3 is 2.71 bits per heavy atom. The van der Waals surface area contributed by atoms with E-state index in [0.29, 0.717) is 35.6 Å². The Morgan fingerprint density at radius 1 is 1.15 bits per heavy atom. The molecule has 0 spiro atoms. The van der Waals surface area contributed by atoms with Gasteiger partial charge in [-0.05, 0) is 60.7 Å². The van der Waals surface area contributed by atoms with E-state index < -0.39 is 5.91 Å². The molecule has 1 amide bonds. The second-order valence-corrected chi connectivity index (χ2v) is 9.32. The molecule has 3 rings (SSSR count). The molecule has 8 heteroatoms. The van der Waals surface area contributed by atoms with E-state index in [4.69, 9.17) is 9.47 Å². The number of hydrogen-bond donors (Lipinski definition) is 1. The van der Waals surface area contributed by atoms with Crippen LogP contribution in [0.5, 0.6) is 11.5 Å². The van der Waals surface area contributed by atoms with Crippen molar-refractivity contribution < 1.29 is 14.3 Å². The number of carbonyl (C=O) groups excluding carboxylic acids is 1. The van der Waals surface area contributed by atoms with Gasteiger partial charge in [-0.1, -0.05) is 49.4 Å². The van der Waals surface area contributed by atoms with E-state index in [2.05, 4.69) is 29.4 Å². The van der Waals surface area contributed by atoms with E-state index in [-0.39, 0.29) is 5.57 Å². The molecule has 0 saturated heterocycles. The number of nitrogens with one attached hydrogen (secondary N) is 1. The second-order valence-electron chi connectivity index (χ2n) is 8.26. The summed E-state index contributed by atoms with van der Waals surface area (Å²) in [5.74, 6) is 1.39. The summed E-state index contributed by atoms with van der Waals surface area (Å²) in [7, 11) is 0. The zero-order valence-corrected chi connectivity index (χ0v) is 20.6. The van der Waals surface area contributed by atoms with Crippen LogP contribution in [0.2, 0.25) is 0 Å². The van der Waals surface area contributed by atoms with Gasteiger partial charge >= 0.3 is 0 Å². The third kappa shape index (κ3) is 7.42. The van der Waals surface area contributed by atoms with Crippen LogP contribution in [0.15, 0.2) is 48.0 Å². The van der Waals surface area contributed by atoms with Crippen LogP contribution in [-0.2, 0) is 11.2 Å². The molecular formula is C26H28N4O3S. The highest BCUT2D eigenvalue weighted by atomic mass is 32.1. The summed E-state index contributed by atoms with van der Waals surface area (Å²) >= 11 is 1.31. The number of ether oxygens (including phenoxy) is 2. The van der Waals surface area contributed by atoms with E-state index in [9.17, 15) is 10.1 Å². The first-order valence-corrected chi connectivity index (χ1v) is 11.8. The van der Waals surface area contributed by atoms with Crippen LogP contribution < -0.4 is 14.8 Å². The van der Waals surface area contributed by atoms with Gasteiger partial charge in [0.1, 0.15) is 41.4 Å². The largest absolute Gasteiger partial charge is 0.490 e. The zero-order valence-electron chi connectivity index (χ0n) is 19.8. The van der Waals surface area contributed by atoms with E-state index in [0.717, 1.165) is 28.3 Å². The van der Waals surface area contributed by atoms with Crippen molar-refractivity contribution in [1.29, 1.82) is 5.26 Å². The van der Waals surface area contributed by atoms with Crippen LogP contribution in [0.4, 0.5) is 5.13 Å². The molecule has 2 aromatic carbocycles. The first kappa shape index (κ1) is 24.9. The number of anilines is 1. The van der Waals surface area contributed by atoms with Crippen molar-refractivity contribution in [2.24, 2.45) is 5.92 Å². The molecule has 1 heterocycles. The maximum Gasteiger partial charge on any atom is 0.268 e. The van der Waals surface area contributed by atoms with Crippen molar-refractivity contribution in [3.05, 3.63) is 69.7 Å². The van der Waals surface area contributed by atoms with Gasteiger partial charge in [-0.2, -0.15) is 5.26 Å². The molecule has 0 saturated carbocycles. The maximum absolute atomic E-state index is 12.6. The van der Waals surface area contributed by atoms with Gasteiger partial charge in [0, 0.05) is 6.42 Å². The van der Waals surface area contributed by atoms with Crippen molar-refractivity contribution in [3.8, 4) is 17.6 Å². The van der Waals surface area contributed by atoms with Crippen molar-refractivity contribution >= 4 is 28.5 Å². The number of carbonyl (C=O) groups is 1. The fraction of sp³-hybridized carbons (Fsp3) is 0.308. The molecule has 0 aliphatic heterocycles. The van der Waals surface area contributed by atoms with Crippen LogP contribution >= 0.6 is 11.3 Å². The first-order valence-electron chi connectivity index (χ1n) is 11.0. The van der Waals surface area contributed by atoms with Gasteiger partial charge in [-0.15, -0.1) is 10.2 Å². The SMILES string of the molecule is Cc1ccc(C)c(OCCOc2cccc(/C=C(/C#N)C(=O)Nc3nnc(CC(C)C)s3)c2)c1. The Kier molecular flexibility index (Phi) is 8.77. The summed E-state index contributed by atoms with van der Waals surface area (Å²) in [6.45, 7) is 8.97. The van der Waals surface area contributed by atoms with E-state index in [1.165, 1.54) is 17.4 Å². The molecule has 0 atom stereocenters. The highest BCUT2D eigenvalue weighted by Gasteiger charge is 2.13. The monoisotopic (exact) mass is 476 g/mol. The Balaban J connectivity index is 1.58. The molecule has 0 fully saturated rings. The standard InChI is InChI=1S/C26H28N4O3S/c1-17(2)12-24-29-30-26(34-24)28-25(31)21(16-27)14-20-6-5-7-22(15-20)32-10-11-33-23-13-18(3)8-9-19(23)4/h5-9,13-15,17H,10-12H2,1-4H3,(H,28,30,31)/b21-14-. The molecule has 1 N–H and O–H groups in total.